The minimum Gasteiger partial charge on any atom is -0.493 e. The number of aryl methyl sites for hydroxylation is 1. The summed E-state index contributed by atoms with van der Waals surface area (Å²) in [6, 6.07) is 5.69. The Hall–Kier alpha value is -1.96. The topological polar surface area (TPSA) is 48.0 Å². The number of hydrogen-bond donors (Lipinski definition) is 0. The Morgan fingerprint density at radius 1 is 1.19 bits per heavy atom. The smallest absolute Gasteiger partial charge is 0.411 e. The van der Waals surface area contributed by atoms with Crippen LogP contribution in [0.15, 0.2) is 18.2 Å². The van der Waals surface area contributed by atoms with Gasteiger partial charge in [0.2, 0.25) is 5.91 Å². The van der Waals surface area contributed by atoms with Gasteiger partial charge in [-0.3, -0.25) is 4.79 Å². The van der Waals surface area contributed by atoms with Gasteiger partial charge < -0.3 is 19.1 Å². The van der Waals surface area contributed by atoms with Crippen LogP contribution in [0.2, 0.25) is 0 Å². The molecule has 1 unspecified atom stereocenters. The van der Waals surface area contributed by atoms with E-state index in [1.165, 1.54) is 0 Å². The molecule has 1 amide bonds. The number of alkyl halides is 3. The van der Waals surface area contributed by atoms with Gasteiger partial charge in [-0.2, -0.15) is 13.2 Å². The van der Waals surface area contributed by atoms with Crippen LogP contribution in [0.1, 0.15) is 31.2 Å². The van der Waals surface area contributed by atoms with Gasteiger partial charge in [-0.25, -0.2) is 0 Å². The van der Waals surface area contributed by atoms with Crippen molar-refractivity contribution in [1.29, 1.82) is 0 Å². The maximum Gasteiger partial charge on any atom is 0.411 e. The number of rotatable bonds is 8. The monoisotopic (exact) mass is 389 g/mol. The third-order valence-electron chi connectivity index (χ3n) is 4.65. The lowest BCUT2D eigenvalue weighted by molar-refractivity contribution is -0.178. The lowest BCUT2D eigenvalue weighted by atomic mass is 9.95. The van der Waals surface area contributed by atoms with Crippen molar-refractivity contribution in [2.24, 2.45) is 0 Å². The molecule has 1 aliphatic rings. The van der Waals surface area contributed by atoms with Crippen LogP contribution < -0.4 is 9.47 Å². The van der Waals surface area contributed by atoms with Gasteiger partial charge in [-0.05, 0) is 49.8 Å². The lowest BCUT2D eigenvalue weighted by Gasteiger charge is -2.36. The van der Waals surface area contributed by atoms with Crippen LogP contribution in [0.3, 0.4) is 0 Å². The third kappa shape index (κ3) is 6.61. The number of halogens is 3. The highest BCUT2D eigenvalue weighted by Crippen LogP contribution is 2.29. The first-order chi connectivity index (χ1) is 12.8. The minimum absolute atomic E-state index is 0.00818. The summed E-state index contributed by atoms with van der Waals surface area (Å²) in [5.74, 6) is 0.918. The highest BCUT2D eigenvalue weighted by Gasteiger charge is 2.30. The summed E-state index contributed by atoms with van der Waals surface area (Å²) in [5.41, 5.74) is 1.05. The van der Waals surface area contributed by atoms with E-state index in [1.807, 2.05) is 18.2 Å². The summed E-state index contributed by atoms with van der Waals surface area (Å²) in [7, 11) is 3.15. The van der Waals surface area contributed by atoms with Gasteiger partial charge in [0.25, 0.3) is 0 Å². The quantitative estimate of drug-likeness (QED) is 0.682. The number of hydrogen-bond acceptors (Lipinski definition) is 4. The van der Waals surface area contributed by atoms with Gasteiger partial charge in [-0.15, -0.1) is 0 Å². The number of carbonyl (C=O) groups is 1. The second kappa shape index (κ2) is 9.82. The average molecular weight is 389 g/mol. The molecule has 1 aromatic carbocycles. The molecule has 1 aromatic rings. The van der Waals surface area contributed by atoms with Crippen LogP contribution in [0.5, 0.6) is 11.5 Å². The molecule has 5 nitrogen and oxygen atoms in total. The van der Waals surface area contributed by atoms with Crippen LogP contribution in [-0.4, -0.2) is 57.0 Å². The van der Waals surface area contributed by atoms with E-state index in [9.17, 15) is 18.0 Å². The molecule has 27 heavy (non-hydrogen) atoms. The SMILES string of the molecule is COc1ccc(CCC2CCCCN2C(=O)COCC(F)(F)F)cc1OC. The largest absolute Gasteiger partial charge is 0.493 e. The Labute approximate surface area is 157 Å². The van der Waals surface area contributed by atoms with E-state index < -0.39 is 19.4 Å². The van der Waals surface area contributed by atoms with E-state index in [1.54, 1.807) is 19.1 Å². The fraction of sp³-hybridized carbons (Fsp3) is 0.632. The molecule has 1 atom stereocenters. The van der Waals surface area contributed by atoms with Crippen molar-refractivity contribution in [2.75, 3.05) is 34.0 Å². The molecule has 0 aromatic heterocycles. The van der Waals surface area contributed by atoms with E-state index in [2.05, 4.69) is 4.74 Å². The Kier molecular flexibility index (Phi) is 7.77. The predicted octanol–water partition coefficient (Wildman–Crippen LogP) is 3.60. The first-order valence-electron chi connectivity index (χ1n) is 8.99. The van der Waals surface area contributed by atoms with Gasteiger partial charge >= 0.3 is 6.18 Å². The van der Waals surface area contributed by atoms with Crippen molar-refractivity contribution < 1.29 is 32.2 Å². The third-order valence-corrected chi connectivity index (χ3v) is 4.65. The summed E-state index contributed by atoms with van der Waals surface area (Å²) >= 11 is 0. The molecule has 0 bridgehead atoms. The molecule has 0 saturated carbocycles. The van der Waals surface area contributed by atoms with E-state index >= 15 is 0 Å². The maximum absolute atomic E-state index is 12.3. The predicted molar refractivity (Wildman–Crippen MR) is 94.1 cm³/mol. The summed E-state index contributed by atoms with van der Waals surface area (Å²) in [6.45, 7) is -1.37. The van der Waals surface area contributed by atoms with Gasteiger partial charge in [0.05, 0.1) is 14.2 Å². The first kappa shape index (κ1) is 21.3. The zero-order valence-electron chi connectivity index (χ0n) is 15.7. The lowest BCUT2D eigenvalue weighted by Crippen LogP contribution is -2.45. The van der Waals surface area contributed by atoms with E-state index in [0.29, 0.717) is 18.0 Å². The number of amides is 1. The van der Waals surface area contributed by atoms with Crippen molar-refractivity contribution in [3.8, 4) is 11.5 Å². The molecule has 8 heteroatoms. The molecule has 1 fully saturated rings. The number of methoxy groups -OCH3 is 2. The first-order valence-corrected chi connectivity index (χ1v) is 8.99. The molecule has 2 rings (SSSR count). The number of nitrogens with zero attached hydrogens (tertiary/aromatic N) is 1. The normalized spacial score (nSPS) is 17.7. The molecule has 152 valence electrons. The van der Waals surface area contributed by atoms with Gasteiger partial charge in [0, 0.05) is 12.6 Å². The van der Waals surface area contributed by atoms with Crippen LogP contribution in [-0.2, 0) is 16.0 Å². The summed E-state index contributed by atoms with van der Waals surface area (Å²) in [6.07, 6.45) is -0.242. The summed E-state index contributed by atoms with van der Waals surface area (Å²) in [5, 5.41) is 0. The molecule has 1 aliphatic heterocycles. The van der Waals surface area contributed by atoms with Gasteiger partial charge in [0.1, 0.15) is 13.2 Å². The number of carbonyl (C=O) groups excluding carboxylic acids is 1. The van der Waals surface area contributed by atoms with Crippen LogP contribution in [0, 0.1) is 0 Å². The Balaban J connectivity index is 1.92. The standard InChI is InChI=1S/C19H26F3NO4/c1-25-16-9-7-14(11-17(16)26-2)6-8-15-5-3-4-10-23(15)18(24)12-27-13-19(20,21)22/h7,9,11,15H,3-6,8,10,12-13H2,1-2H3. The zero-order chi connectivity index (χ0) is 19.9. The van der Waals surface area contributed by atoms with Gasteiger partial charge in [0.15, 0.2) is 11.5 Å². The molecule has 0 radical (unpaired) electrons. The van der Waals surface area contributed by atoms with E-state index in [0.717, 1.165) is 37.7 Å². The van der Waals surface area contributed by atoms with Crippen molar-refractivity contribution in [2.45, 2.75) is 44.3 Å². The second-order valence-corrected chi connectivity index (χ2v) is 6.57. The van der Waals surface area contributed by atoms with Crippen LogP contribution in [0.25, 0.3) is 0 Å². The van der Waals surface area contributed by atoms with Crippen molar-refractivity contribution in [3.05, 3.63) is 23.8 Å². The van der Waals surface area contributed by atoms with Gasteiger partial charge in [-0.1, -0.05) is 6.07 Å². The maximum atomic E-state index is 12.3. The average Bonchev–Trinajstić information content (AvgIpc) is 2.65. The molecule has 1 heterocycles. The van der Waals surface area contributed by atoms with E-state index in [-0.39, 0.29) is 11.9 Å². The van der Waals surface area contributed by atoms with Crippen molar-refractivity contribution in [3.63, 3.8) is 0 Å². The molecule has 0 spiro atoms. The molecular formula is C19H26F3NO4. The van der Waals surface area contributed by atoms with E-state index in [4.69, 9.17) is 9.47 Å². The Bertz CT molecular complexity index is 621. The van der Waals surface area contributed by atoms with Crippen molar-refractivity contribution in [1.82, 2.24) is 4.90 Å². The fourth-order valence-corrected chi connectivity index (χ4v) is 3.34. The molecule has 0 aliphatic carbocycles. The minimum atomic E-state index is -4.42. The Morgan fingerprint density at radius 3 is 2.59 bits per heavy atom. The molecular weight excluding hydrogens is 363 g/mol. The molecule has 1 saturated heterocycles. The highest BCUT2D eigenvalue weighted by molar-refractivity contribution is 5.77. The zero-order valence-corrected chi connectivity index (χ0v) is 15.7. The number of likely N-dealkylation sites (tertiary alicyclic amines) is 1. The highest BCUT2D eigenvalue weighted by atomic mass is 19.4. The number of piperidine rings is 1. The fourth-order valence-electron chi connectivity index (χ4n) is 3.34. The Morgan fingerprint density at radius 2 is 1.93 bits per heavy atom. The summed E-state index contributed by atoms with van der Waals surface area (Å²) in [4.78, 5) is 14.0. The van der Waals surface area contributed by atoms with Crippen LogP contribution in [0.4, 0.5) is 13.2 Å². The summed E-state index contributed by atoms with van der Waals surface area (Å²) < 4.78 is 51.6. The number of ether oxygens (including phenoxy) is 3. The van der Waals surface area contributed by atoms with Crippen LogP contribution >= 0.6 is 0 Å². The number of benzene rings is 1. The molecule has 0 N–H and O–H groups in total. The van der Waals surface area contributed by atoms with Crippen molar-refractivity contribution >= 4 is 5.91 Å². The second-order valence-electron chi connectivity index (χ2n) is 6.57.